The summed E-state index contributed by atoms with van der Waals surface area (Å²) in [6, 6.07) is 13.4. The second-order valence-electron chi connectivity index (χ2n) is 8.25. The van der Waals surface area contributed by atoms with Crippen molar-refractivity contribution < 1.29 is 9.21 Å². The zero-order valence-electron chi connectivity index (χ0n) is 16.1. The molecular weight excluding hydrogens is 372 g/mol. The predicted octanol–water partition coefficient (Wildman–Crippen LogP) is 5.73. The molecule has 0 spiro atoms. The molecule has 0 fully saturated rings. The lowest BCUT2D eigenvalue weighted by Gasteiger charge is -2.38. The number of carbonyl (C=O) groups is 1. The first kappa shape index (κ1) is 18.6. The minimum Gasteiger partial charge on any atom is -0.460 e. The monoisotopic (exact) mass is 392 g/mol. The lowest BCUT2D eigenvalue weighted by Crippen LogP contribution is -2.36. The van der Waals surface area contributed by atoms with E-state index in [1.165, 1.54) is 0 Å². The number of benzene rings is 1. The van der Waals surface area contributed by atoms with Gasteiger partial charge in [0.2, 0.25) is 0 Å². The van der Waals surface area contributed by atoms with Crippen LogP contribution in [-0.4, -0.2) is 5.78 Å². The first-order valence-electron chi connectivity index (χ1n) is 9.29. The predicted molar refractivity (Wildman–Crippen MR) is 108 cm³/mol. The highest BCUT2D eigenvalue weighted by atomic mass is 35.5. The summed E-state index contributed by atoms with van der Waals surface area (Å²) in [4.78, 5) is 13.0. The van der Waals surface area contributed by atoms with Crippen molar-refractivity contribution in [2.24, 2.45) is 5.41 Å². The number of halogens is 1. The molecule has 0 radical (unpaired) electrons. The average molecular weight is 393 g/mol. The number of nitrogens with one attached hydrogen (secondary N) is 1. The van der Waals surface area contributed by atoms with Crippen molar-refractivity contribution in [3.63, 3.8) is 0 Å². The normalized spacial score (nSPS) is 21.2. The molecule has 2 heterocycles. The lowest BCUT2D eigenvalue weighted by molar-refractivity contribution is -0.118. The molecule has 1 aromatic heterocycles. The zero-order chi connectivity index (χ0) is 20.1. The fourth-order valence-electron chi connectivity index (χ4n) is 4.17. The van der Waals surface area contributed by atoms with Crippen molar-refractivity contribution in [2.75, 3.05) is 0 Å². The molecule has 2 aliphatic rings. The van der Waals surface area contributed by atoms with Gasteiger partial charge in [0.25, 0.3) is 0 Å². The van der Waals surface area contributed by atoms with Gasteiger partial charge in [0.15, 0.2) is 5.78 Å². The summed E-state index contributed by atoms with van der Waals surface area (Å²) < 4.78 is 6.14. The van der Waals surface area contributed by atoms with Gasteiger partial charge < -0.3 is 9.73 Å². The number of allylic oxidation sites excluding steroid dienone is 4. The summed E-state index contributed by atoms with van der Waals surface area (Å²) in [6.45, 7) is 6.06. The van der Waals surface area contributed by atoms with E-state index in [0.717, 1.165) is 23.4 Å². The highest BCUT2D eigenvalue weighted by molar-refractivity contribution is 6.30. The van der Waals surface area contributed by atoms with Crippen LogP contribution in [0.25, 0.3) is 11.3 Å². The molecule has 4 nitrogen and oxygen atoms in total. The van der Waals surface area contributed by atoms with Crippen molar-refractivity contribution >= 4 is 17.4 Å². The standard InChI is InChI=1S/C23H21ClN2O2/c1-13-16(12-25)21(22-17(26-13)10-23(2,3)11-18(22)27)20-8-7-19(28-20)14-5-4-6-15(24)9-14/h4-9,21,26H,10-11H2,1-3H3/t21-/m1/s1. The molecule has 1 atom stereocenters. The summed E-state index contributed by atoms with van der Waals surface area (Å²) >= 11 is 6.10. The molecule has 142 valence electrons. The first-order chi connectivity index (χ1) is 13.3. The molecule has 0 amide bonds. The van der Waals surface area contributed by atoms with E-state index >= 15 is 0 Å². The number of nitriles is 1. The van der Waals surface area contributed by atoms with Gasteiger partial charge in [-0.05, 0) is 43.0 Å². The minimum absolute atomic E-state index is 0.0738. The van der Waals surface area contributed by atoms with Crippen LogP contribution in [-0.2, 0) is 4.79 Å². The summed E-state index contributed by atoms with van der Waals surface area (Å²) in [5.74, 6) is 0.868. The van der Waals surface area contributed by atoms with Crippen LogP contribution in [0.3, 0.4) is 0 Å². The number of rotatable bonds is 2. The molecule has 0 saturated heterocycles. The van der Waals surface area contributed by atoms with E-state index in [4.69, 9.17) is 16.0 Å². The van der Waals surface area contributed by atoms with E-state index < -0.39 is 5.92 Å². The Balaban J connectivity index is 1.82. The number of dihydropyridines is 1. The van der Waals surface area contributed by atoms with Gasteiger partial charge in [-0.1, -0.05) is 37.6 Å². The van der Waals surface area contributed by atoms with Crippen LogP contribution in [0.5, 0.6) is 0 Å². The Bertz CT molecular complexity index is 1080. The van der Waals surface area contributed by atoms with E-state index in [-0.39, 0.29) is 11.2 Å². The van der Waals surface area contributed by atoms with E-state index in [1.54, 1.807) is 6.07 Å². The van der Waals surface area contributed by atoms with Gasteiger partial charge in [-0.15, -0.1) is 0 Å². The third kappa shape index (κ3) is 3.16. The van der Waals surface area contributed by atoms with Crippen LogP contribution in [0.15, 0.2) is 63.4 Å². The molecule has 1 aromatic carbocycles. The molecule has 2 aromatic rings. The molecule has 28 heavy (non-hydrogen) atoms. The van der Waals surface area contributed by atoms with Crippen LogP contribution >= 0.6 is 11.6 Å². The Labute approximate surface area is 169 Å². The number of Topliss-reactive ketones (excluding diaryl/α,β-unsaturated/α-hetero) is 1. The topological polar surface area (TPSA) is 66.0 Å². The molecule has 1 aliphatic carbocycles. The summed E-state index contributed by atoms with van der Waals surface area (Å²) in [7, 11) is 0. The summed E-state index contributed by atoms with van der Waals surface area (Å²) in [5.41, 5.74) is 3.62. The third-order valence-corrected chi connectivity index (χ3v) is 5.62. The number of hydrogen-bond donors (Lipinski definition) is 1. The maximum atomic E-state index is 13.0. The maximum Gasteiger partial charge on any atom is 0.162 e. The second-order valence-corrected chi connectivity index (χ2v) is 8.69. The van der Waals surface area contributed by atoms with Crippen molar-refractivity contribution in [2.45, 2.75) is 39.5 Å². The van der Waals surface area contributed by atoms with Crippen molar-refractivity contribution in [1.29, 1.82) is 5.26 Å². The number of nitrogens with zero attached hydrogens (tertiary/aromatic N) is 1. The zero-order valence-corrected chi connectivity index (χ0v) is 16.9. The highest BCUT2D eigenvalue weighted by Gasteiger charge is 2.42. The third-order valence-electron chi connectivity index (χ3n) is 5.38. The SMILES string of the molecule is CC1=C(C#N)[C@H](c2ccc(-c3cccc(Cl)c3)o2)C2=C(CC(C)(C)CC2=O)N1. The van der Waals surface area contributed by atoms with Crippen molar-refractivity contribution in [1.82, 2.24) is 5.32 Å². The van der Waals surface area contributed by atoms with Gasteiger partial charge in [0, 0.05) is 34.0 Å². The smallest absolute Gasteiger partial charge is 0.162 e. The fraction of sp³-hybridized carbons (Fsp3) is 0.304. The van der Waals surface area contributed by atoms with Gasteiger partial charge in [-0.2, -0.15) is 5.26 Å². The Morgan fingerprint density at radius 3 is 2.75 bits per heavy atom. The van der Waals surface area contributed by atoms with Gasteiger partial charge in [0.05, 0.1) is 17.6 Å². The molecular formula is C23H21ClN2O2. The van der Waals surface area contributed by atoms with Crippen molar-refractivity contribution in [3.05, 3.63) is 69.7 Å². The molecule has 0 saturated carbocycles. The molecule has 0 bridgehead atoms. The lowest BCUT2D eigenvalue weighted by atomic mass is 9.70. The van der Waals surface area contributed by atoms with Crippen molar-refractivity contribution in [3.8, 4) is 17.4 Å². The molecule has 1 aliphatic heterocycles. The molecule has 4 rings (SSSR count). The number of ketones is 1. The van der Waals surface area contributed by atoms with Gasteiger partial charge in [0.1, 0.15) is 11.5 Å². The summed E-state index contributed by atoms with van der Waals surface area (Å²) in [5, 5.41) is 13.7. The number of hydrogen-bond acceptors (Lipinski definition) is 4. The van der Waals surface area contributed by atoms with Gasteiger partial charge in [-0.25, -0.2) is 0 Å². The maximum absolute atomic E-state index is 13.0. The quantitative estimate of drug-likeness (QED) is 0.708. The summed E-state index contributed by atoms with van der Waals surface area (Å²) in [6.07, 6.45) is 1.23. The fourth-order valence-corrected chi connectivity index (χ4v) is 4.36. The second kappa shape index (κ2) is 6.68. The van der Waals surface area contributed by atoms with Crippen LogP contribution in [0, 0.1) is 16.7 Å². The van der Waals surface area contributed by atoms with E-state index in [0.29, 0.717) is 34.1 Å². The Kier molecular flexibility index (Phi) is 4.44. The average Bonchev–Trinajstić information content (AvgIpc) is 3.09. The van der Waals surface area contributed by atoms with Crippen LogP contribution in [0.1, 0.15) is 45.3 Å². The largest absolute Gasteiger partial charge is 0.460 e. The first-order valence-corrected chi connectivity index (χ1v) is 9.67. The van der Waals surface area contributed by atoms with E-state index in [1.807, 2.05) is 37.3 Å². The van der Waals surface area contributed by atoms with E-state index in [9.17, 15) is 10.1 Å². The molecule has 5 heteroatoms. The Morgan fingerprint density at radius 2 is 2.04 bits per heavy atom. The number of carbonyl (C=O) groups excluding carboxylic acids is 1. The van der Waals surface area contributed by atoms with Crippen LogP contribution in [0.4, 0.5) is 0 Å². The van der Waals surface area contributed by atoms with Crippen LogP contribution < -0.4 is 5.32 Å². The Hall–Kier alpha value is -2.77. The van der Waals surface area contributed by atoms with E-state index in [2.05, 4.69) is 25.2 Å². The minimum atomic E-state index is -0.474. The Morgan fingerprint density at radius 1 is 1.25 bits per heavy atom. The van der Waals surface area contributed by atoms with Gasteiger partial charge in [-0.3, -0.25) is 4.79 Å². The van der Waals surface area contributed by atoms with Gasteiger partial charge >= 0.3 is 0 Å². The highest BCUT2D eigenvalue weighted by Crippen LogP contribution is 2.47. The van der Waals surface area contributed by atoms with Crippen LogP contribution in [0.2, 0.25) is 5.02 Å². The molecule has 0 unspecified atom stereocenters. The molecule has 1 N–H and O–H groups in total. The number of furan rings is 1.